The summed E-state index contributed by atoms with van der Waals surface area (Å²) in [7, 11) is 1.43. The van der Waals surface area contributed by atoms with Crippen LogP contribution in [0.1, 0.15) is 43.9 Å². The summed E-state index contributed by atoms with van der Waals surface area (Å²) < 4.78 is 10.9. The molecule has 1 aromatic carbocycles. The number of nitrogens with one attached hydrogen (secondary N) is 1. The molecule has 4 nitrogen and oxygen atoms in total. The Morgan fingerprint density at radius 1 is 1.32 bits per heavy atom. The molecule has 0 spiro atoms. The minimum Gasteiger partial charge on any atom is -0.490 e. The van der Waals surface area contributed by atoms with Crippen LogP contribution in [0, 0.1) is 0 Å². The summed E-state index contributed by atoms with van der Waals surface area (Å²) in [4.78, 5) is 15.1. The Labute approximate surface area is 130 Å². The fraction of sp³-hybridized carbons (Fsp3) is 0.500. The fourth-order valence-corrected chi connectivity index (χ4v) is 3.27. The normalized spacial score (nSPS) is 15.4. The number of rotatable bonds is 5. The maximum atomic E-state index is 11.7. The van der Waals surface area contributed by atoms with Gasteiger partial charge in [-0.05, 0) is 55.9 Å². The summed E-state index contributed by atoms with van der Waals surface area (Å²) in [6, 6.07) is 6.11. The molecule has 0 saturated heterocycles. The molecule has 1 aromatic heterocycles. The highest BCUT2D eigenvalue weighted by Crippen LogP contribution is 2.30. The van der Waals surface area contributed by atoms with Crippen LogP contribution >= 0.6 is 0 Å². The molecule has 2 aromatic rings. The molecule has 0 amide bonds. The van der Waals surface area contributed by atoms with E-state index in [1.165, 1.54) is 20.0 Å². The molecular weight excluding hydrogens is 278 g/mol. The number of esters is 1. The molecule has 118 valence electrons. The number of carbonyl (C=O) groups is 1. The van der Waals surface area contributed by atoms with Crippen LogP contribution in [-0.4, -0.2) is 24.2 Å². The van der Waals surface area contributed by atoms with Crippen molar-refractivity contribution in [3.8, 4) is 5.75 Å². The Bertz CT molecular complexity index is 668. The lowest BCUT2D eigenvalue weighted by Crippen LogP contribution is -2.10. The molecule has 3 rings (SSSR count). The van der Waals surface area contributed by atoms with E-state index in [-0.39, 0.29) is 5.97 Å². The van der Waals surface area contributed by atoms with Gasteiger partial charge in [-0.3, -0.25) is 4.79 Å². The van der Waals surface area contributed by atoms with Crippen molar-refractivity contribution < 1.29 is 14.3 Å². The molecule has 22 heavy (non-hydrogen) atoms. The number of hydrogen-bond acceptors (Lipinski definition) is 3. The number of hydrogen-bond donors (Lipinski definition) is 1. The summed E-state index contributed by atoms with van der Waals surface area (Å²) in [5.74, 6) is 0.685. The molecule has 0 bridgehead atoms. The second kappa shape index (κ2) is 6.42. The van der Waals surface area contributed by atoms with Gasteiger partial charge in [0.2, 0.25) is 0 Å². The monoisotopic (exact) mass is 301 g/mol. The summed E-state index contributed by atoms with van der Waals surface area (Å²) in [6.45, 7) is 2.08. The maximum absolute atomic E-state index is 11.7. The van der Waals surface area contributed by atoms with E-state index in [0.29, 0.717) is 12.5 Å². The van der Waals surface area contributed by atoms with Gasteiger partial charge in [0.05, 0.1) is 19.6 Å². The summed E-state index contributed by atoms with van der Waals surface area (Å²) >= 11 is 0. The van der Waals surface area contributed by atoms with Crippen molar-refractivity contribution in [2.45, 2.75) is 51.6 Å². The van der Waals surface area contributed by atoms with Gasteiger partial charge in [0.1, 0.15) is 5.75 Å². The molecule has 1 fully saturated rings. The van der Waals surface area contributed by atoms with Crippen molar-refractivity contribution in [1.29, 1.82) is 0 Å². The van der Waals surface area contributed by atoms with Crippen LogP contribution in [0.4, 0.5) is 0 Å². The minimum absolute atomic E-state index is 0.210. The van der Waals surface area contributed by atoms with Gasteiger partial charge < -0.3 is 14.5 Å². The summed E-state index contributed by atoms with van der Waals surface area (Å²) in [5.41, 5.74) is 3.18. The number of aromatic amines is 1. The fourth-order valence-electron chi connectivity index (χ4n) is 3.27. The van der Waals surface area contributed by atoms with Crippen LogP contribution in [0.25, 0.3) is 10.9 Å². The number of ether oxygens (including phenoxy) is 2. The first-order valence-electron chi connectivity index (χ1n) is 8.08. The molecule has 1 saturated carbocycles. The first-order valence-corrected chi connectivity index (χ1v) is 8.08. The van der Waals surface area contributed by atoms with E-state index < -0.39 is 0 Å². The molecule has 1 heterocycles. The zero-order valence-electron chi connectivity index (χ0n) is 13.3. The SMILES string of the molecule is CCc1[nH]c2ccc(OC3CCCC3)cc2c1CC(=O)OC. The zero-order valence-corrected chi connectivity index (χ0v) is 13.3. The van der Waals surface area contributed by atoms with Crippen molar-refractivity contribution in [2.75, 3.05) is 7.11 Å². The lowest BCUT2D eigenvalue weighted by molar-refractivity contribution is -0.139. The van der Waals surface area contributed by atoms with Gasteiger partial charge in [-0.15, -0.1) is 0 Å². The zero-order chi connectivity index (χ0) is 15.5. The number of methoxy groups -OCH3 is 1. The van der Waals surface area contributed by atoms with E-state index in [1.807, 2.05) is 12.1 Å². The van der Waals surface area contributed by atoms with Gasteiger partial charge in [0.25, 0.3) is 0 Å². The van der Waals surface area contributed by atoms with Crippen molar-refractivity contribution >= 4 is 16.9 Å². The molecule has 0 radical (unpaired) electrons. The third kappa shape index (κ3) is 2.96. The molecule has 0 aliphatic heterocycles. The number of aryl methyl sites for hydroxylation is 1. The Morgan fingerprint density at radius 2 is 2.09 bits per heavy atom. The standard InChI is InChI=1S/C18H23NO3/c1-3-16-15(11-18(20)21-2)14-10-13(8-9-17(14)19-16)22-12-6-4-5-7-12/h8-10,12,19H,3-7,11H2,1-2H3. The highest BCUT2D eigenvalue weighted by atomic mass is 16.5. The van der Waals surface area contributed by atoms with Crippen molar-refractivity contribution in [3.63, 3.8) is 0 Å². The number of carbonyl (C=O) groups excluding carboxylic acids is 1. The second-order valence-corrected chi connectivity index (χ2v) is 5.92. The lowest BCUT2D eigenvalue weighted by Gasteiger charge is -2.13. The van der Waals surface area contributed by atoms with Gasteiger partial charge in [-0.25, -0.2) is 0 Å². The number of H-pyrrole nitrogens is 1. The van der Waals surface area contributed by atoms with E-state index in [9.17, 15) is 4.79 Å². The number of aromatic nitrogens is 1. The van der Waals surface area contributed by atoms with Gasteiger partial charge in [-0.1, -0.05) is 6.92 Å². The van der Waals surface area contributed by atoms with Crippen LogP contribution < -0.4 is 4.74 Å². The molecular formula is C18H23NO3. The Hall–Kier alpha value is -1.97. The smallest absolute Gasteiger partial charge is 0.310 e. The molecule has 4 heteroatoms. The Kier molecular flexibility index (Phi) is 4.36. The van der Waals surface area contributed by atoms with Crippen LogP contribution in [0.2, 0.25) is 0 Å². The largest absolute Gasteiger partial charge is 0.490 e. The summed E-state index contributed by atoms with van der Waals surface area (Å²) in [6.07, 6.45) is 6.29. The average Bonchev–Trinajstić information content (AvgIpc) is 3.15. The van der Waals surface area contributed by atoms with Gasteiger partial charge in [-0.2, -0.15) is 0 Å². The topological polar surface area (TPSA) is 51.3 Å². The first kappa shape index (κ1) is 14.9. The summed E-state index contributed by atoms with van der Waals surface area (Å²) in [5, 5.41) is 1.07. The highest BCUT2D eigenvalue weighted by molar-refractivity contribution is 5.89. The third-order valence-corrected chi connectivity index (χ3v) is 4.47. The first-order chi connectivity index (χ1) is 10.7. The molecule has 0 atom stereocenters. The van der Waals surface area contributed by atoms with E-state index in [2.05, 4.69) is 18.0 Å². The highest BCUT2D eigenvalue weighted by Gasteiger charge is 2.18. The maximum Gasteiger partial charge on any atom is 0.310 e. The molecule has 1 aliphatic rings. The average molecular weight is 301 g/mol. The molecule has 0 unspecified atom stereocenters. The van der Waals surface area contributed by atoms with Crippen LogP contribution in [0.15, 0.2) is 18.2 Å². The third-order valence-electron chi connectivity index (χ3n) is 4.47. The quantitative estimate of drug-likeness (QED) is 0.855. The molecule has 1 aliphatic carbocycles. The van der Waals surface area contributed by atoms with E-state index in [1.54, 1.807) is 0 Å². The van der Waals surface area contributed by atoms with Gasteiger partial charge >= 0.3 is 5.97 Å². The number of fused-ring (bicyclic) bond motifs is 1. The lowest BCUT2D eigenvalue weighted by atomic mass is 10.1. The van der Waals surface area contributed by atoms with Gasteiger partial charge in [0, 0.05) is 16.6 Å². The van der Waals surface area contributed by atoms with Crippen LogP contribution in [-0.2, 0) is 22.4 Å². The van der Waals surface area contributed by atoms with Crippen LogP contribution in [0.5, 0.6) is 5.75 Å². The van der Waals surface area contributed by atoms with Crippen molar-refractivity contribution in [3.05, 3.63) is 29.5 Å². The van der Waals surface area contributed by atoms with E-state index in [4.69, 9.17) is 9.47 Å². The van der Waals surface area contributed by atoms with Crippen molar-refractivity contribution in [2.24, 2.45) is 0 Å². The second-order valence-electron chi connectivity index (χ2n) is 5.92. The Balaban J connectivity index is 1.93. The predicted molar refractivity (Wildman–Crippen MR) is 86.3 cm³/mol. The van der Waals surface area contributed by atoms with Crippen molar-refractivity contribution in [1.82, 2.24) is 4.98 Å². The van der Waals surface area contributed by atoms with Crippen LogP contribution in [0.3, 0.4) is 0 Å². The minimum atomic E-state index is -0.210. The Morgan fingerprint density at radius 3 is 2.77 bits per heavy atom. The number of benzene rings is 1. The van der Waals surface area contributed by atoms with E-state index >= 15 is 0 Å². The van der Waals surface area contributed by atoms with E-state index in [0.717, 1.165) is 47.2 Å². The molecule has 1 N–H and O–H groups in total. The van der Waals surface area contributed by atoms with Gasteiger partial charge in [0.15, 0.2) is 0 Å². The predicted octanol–water partition coefficient (Wildman–Crippen LogP) is 3.77.